The Kier molecular flexibility index (Phi) is 3.02. The zero-order valence-electron chi connectivity index (χ0n) is 12.4. The van der Waals surface area contributed by atoms with Gasteiger partial charge in [0.1, 0.15) is 11.6 Å². The summed E-state index contributed by atoms with van der Waals surface area (Å²) in [4.78, 5) is 7.58. The summed E-state index contributed by atoms with van der Waals surface area (Å²) in [6, 6.07) is 4.22. The Labute approximate surface area is 122 Å². The number of nitrogens with one attached hydrogen (secondary N) is 1. The Morgan fingerprint density at radius 1 is 1.38 bits per heavy atom. The number of rotatable bonds is 1. The summed E-state index contributed by atoms with van der Waals surface area (Å²) >= 11 is 0. The minimum Gasteiger partial charge on any atom is -0.346 e. The highest BCUT2D eigenvalue weighted by atomic mass is 15.3. The van der Waals surface area contributed by atoms with E-state index in [0.717, 1.165) is 22.1 Å². The molecule has 0 bridgehead atoms. The first kappa shape index (κ1) is 13.4. The molecule has 5 nitrogen and oxygen atoms in total. The van der Waals surface area contributed by atoms with Gasteiger partial charge < -0.3 is 4.98 Å². The standard InChI is InChI=1S/C16H17N5/c1-16(2,3)14-11(9-17)10-21(20-14)13-5-4-7-18-15-12(13)6-8-19-15/h4-6,8,10H,7H2,1-3H3,(H,18,19). The summed E-state index contributed by atoms with van der Waals surface area (Å²) in [6.07, 6.45) is 7.66. The third kappa shape index (κ3) is 2.29. The minimum atomic E-state index is -0.170. The monoisotopic (exact) mass is 279 g/mol. The van der Waals surface area contributed by atoms with Crippen molar-refractivity contribution in [2.75, 3.05) is 6.54 Å². The summed E-state index contributed by atoms with van der Waals surface area (Å²) in [6.45, 7) is 6.82. The number of nitrogens with zero attached hydrogens (tertiary/aromatic N) is 4. The van der Waals surface area contributed by atoms with E-state index in [2.05, 4.69) is 41.9 Å². The number of hydrogen-bond acceptors (Lipinski definition) is 3. The van der Waals surface area contributed by atoms with E-state index in [4.69, 9.17) is 0 Å². The van der Waals surface area contributed by atoms with Gasteiger partial charge in [-0.15, -0.1) is 0 Å². The van der Waals surface area contributed by atoms with Crippen molar-refractivity contribution in [3.05, 3.63) is 52.6 Å². The first-order chi connectivity index (χ1) is 10.0. The molecule has 1 aliphatic rings. The van der Waals surface area contributed by atoms with Crippen LogP contribution in [0.2, 0.25) is 0 Å². The molecule has 0 saturated heterocycles. The molecular weight excluding hydrogens is 262 g/mol. The number of nitriles is 1. The normalized spacial score (nSPS) is 14.3. The number of allylic oxidation sites excluding steroid dienone is 1. The maximum atomic E-state index is 9.35. The summed E-state index contributed by atoms with van der Waals surface area (Å²) < 4.78 is 1.78. The molecule has 0 atom stereocenters. The fraction of sp³-hybridized carbons (Fsp3) is 0.312. The quantitative estimate of drug-likeness (QED) is 0.853. The number of H-pyrrole nitrogens is 1. The van der Waals surface area contributed by atoms with E-state index in [-0.39, 0.29) is 5.41 Å². The van der Waals surface area contributed by atoms with Crippen molar-refractivity contribution in [1.82, 2.24) is 14.8 Å². The molecular formula is C16H17N5. The van der Waals surface area contributed by atoms with Crippen LogP contribution >= 0.6 is 0 Å². The molecule has 3 rings (SSSR count). The molecule has 0 amide bonds. The molecule has 0 radical (unpaired) electrons. The van der Waals surface area contributed by atoms with Crippen molar-refractivity contribution in [3.8, 4) is 6.07 Å². The van der Waals surface area contributed by atoms with E-state index in [9.17, 15) is 5.26 Å². The molecule has 1 aliphatic heterocycles. The van der Waals surface area contributed by atoms with Crippen LogP contribution in [0.4, 0.5) is 0 Å². The smallest absolute Gasteiger partial charge is 0.134 e. The van der Waals surface area contributed by atoms with Gasteiger partial charge in [0.05, 0.1) is 23.5 Å². The highest BCUT2D eigenvalue weighted by Crippen LogP contribution is 2.24. The van der Waals surface area contributed by atoms with Crippen LogP contribution in [0.25, 0.3) is 5.70 Å². The van der Waals surface area contributed by atoms with Gasteiger partial charge in [-0.25, -0.2) is 4.68 Å². The molecule has 1 N–H and O–H groups in total. The molecule has 2 aromatic heterocycles. The van der Waals surface area contributed by atoms with E-state index in [1.807, 2.05) is 24.4 Å². The first-order valence-corrected chi connectivity index (χ1v) is 6.90. The van der Waals surface area contributed by atoms with Gasteiger partial charge in [0.25, 0.3) is 0 Å². The lowest BCUT2D eigenvalue weighted by molar-refractivity contribution is 0.560. The largest absolute Gasteiger partial charge is 0.346 e. The Balaban J connectivity index is 2.28. The second-order valence-electron chi connectivity index (χ2n) is 6.07. The molecule has 106 valence electrons. The molecule has 21 heavy (non-hydrogen) atoms. The minimum absolute atomic E-state index is 0.170. The molecule has 2 aromatic rings. The second-order valence-corrected chi connectivity index (χ2v) is 6.07. The second kappa shape index (κ2) is 4.74. The van der Waals surface area contributed by atoms with Crippen LogP contribution in [-0.4, -0.2) is 21.3 Å². The van der Waals surface area contributed by atoms with Gasteiger partial charge in [0.2, 0.25) is 0 Å². The third-order valence-corrected chi connectivity index (χ3v) is 3.42. The molecule has 0 fully saturated rings. The van der Waals surface area contributed by atoms with Crippen molar-refractivity contribution in [2.45, 2.75) is 26.2 Å². The third-order valence-electron chi connectivity index (χ3n) is 3.42. The molecule has 0 unspecified atom stereocenters. The lowest BCUT2D eigenvalue weighted by Crippen LogP contribution is -2.27. The molecule has 0 spiro atoms. The van der Waals surface area contributed by atoms with Crippen LogP contribution in [0, 0.1) is 11.3 Å². The van der Waals surface area contributed by atoms with Crippen molar-refractivity contribution in [1.29, 1.82) is 5.26 Å². The average molecular weight is 279 g/mol. The molecule has 5 heteroatoms. The zero-order chi connectivity index (χ0) is 15.0. The van der Waals surface area contributed by atoms with Crippen molar-refractivity contribution >= 4 is 5.70 Å². The maximum Gasteiger partial charge on any atom is 0.134 e. The predicted octanol–water partition coefficient (Wildman–Crippen LogP) is 1.23. The van der Waals surface area contributed by atoms with E-state index >= 15 is 0 Å². The van der Waals surface area contributed by atoms with Crippen molar-refractivity contribution in [3.63, 3.8) is 0 Å². The van der Waals surface area contributed by atoms with Gasteiger partial charge >= 0.3 is 0 Å². The lowest BCUT2D eigenvalue weighted by Gasteiger charge is -2.15. The average Bonchev–Trinajstić information content (AvgIpc) is 3.02. The van der Waals surface area contributed by atoms with Crippen molar-refractivity contribution in [2.24, 2.45) is 4.99 Å². The van der Waals surface area contributed by atoms with Crippen LogP contribution in [0.5, 0.6) is 0 Å². The summed E-state index contributed by atoms with van der Waals surface area (Å²) in [5, 5.41) is 15.0. The molecule has 0 aliphatic carbocycles. The van der Waals surface area contributed by atoms with E-state index in [1.54, 1.807) is 10.9 Å². The van der Waals surface area contributed by atoms with Crippen LogP contribution in [0.1, 0.15) is 32.0 Å². The van der Waals surface area contributed by atoms with Crippen LogP contribution in [-0.2, 0) is 5.41 Å². The van der Waals surface area contributed by atoms with E-state index in [0.29, 0.717) is 12.1 Å². The highest BCUT2D eigenvalue weighted by Gasteiger charge is 2.23. The van der Waals surface area contributed by atoms with Crippen LogP contribution in [0.15, 0.2) is 35.6 Å². The number of fused-ring (bicyclic) bond motifs is 1. The predicted molar refractivity (Wildman–Crippen MR) is 80.0 cm³/mol. The Bertz CT molecular complexity index is 865. The maximum absolute atomic E-state index is 9.35. The topological polar surface area (TPSA) is 69.8 Å². The van der Waals surface area contributed by atoms with Gasteiger partial charge in [0.15, 0.2) is 0 Å². The van der Waals surface area contributed by atoms with E-state index < -0.39 is 0 Å². The van der Waals surface area contributed by atoms with E-state index in [1.165, 1.54) is 0 Å². The molecule has 3 heterocycles. The van der Waals surface area contributed by atoms with Crippen molar-refractivity contribution < 1.29 is 0 Å². The highest BCUT2D eigenvalue weighted by molar-refractivity contribution is 5.57. The molecule has 0 saturated carbocycles. The fourth-order valence-electron chi connectivity index (χ4n) is 2.43. The number of aromatic amines is 1. The number of aromatic nitrogens is 3. The first-order valence-electron chi connectivity index (χ1n) is 6.90. The Hall–Kier alpha value is -2.61. The van der Waals surface area contributed by atoms with Gasteiger partial charge in [0, 0.05) is 23.0 Å². The molecule has 0 aromatic carbocycles. The van der Waals surface area contributed by atoms with Gasteiger partial charge in [-0.1, -0.05) is 26.8 Å². The Morgan fingerprint density at radius 2 is 2.19 bits per heavy atom. The zero-order valence-corrected chi connectivity index (χ0v) is 12.4. The number of hydrogen-bond donors (Lipinski definition) is 1. The summed E-state index contributed by atoms with van der Waals surface area (Å²) in [5.41, 5.74) is 3.03. The summed E-state index contributed by atoms with van der Waals surface area (Å²) in [5.74, 6) is 0. The van der Waals surface area contributed by atoms with Crippen LogP contribution < -0.4 is 10.7 Å². The summed E-state index contributed by atoms with van der Waals surface area (Å²) in [7, 11) is 0. The van der Waals surface area contributed by atoms with Crippen LogP contribution in [0.3, 0.4) is 0 Å². The lowest BCUT2D eigenvalue weighted by atomic mass is 9.90. The Morgan fingerprint density at radius 3 is 2.86 bits per heavy atom. The van der Waals surface area contributed by atoms with Gasteiger partial charge in [-0.05, 0) is 12.1 Å². The van der Waals surface area contributed by atoms with Gasteiger partial charge in [-0.3, -0.25) is 4.99 Å². The fourth-order valence-corrected chi connectivity index (χ4v) is 2.43. The van der Waals surface area contributed by atoms with Gasteiger partial charge in [-0.2, -0.15) is 10.4 Å². The SMILES string of the molecule is CC(C)(C)c1nn(C2=c3cc[nH]c3=NCC=C2)cc1C#N.